The first kappa shape index (κ1) is 20.4. The van der Waals surface area contributed by atoms with Crippen molar-refractivity contribution in [2.45, 2.75) is 63.7 Å². The van der Waals surface area contributed by atoms with Crippen molar-refractivity contribution in [1.29, 1.82) is 0 Å². The van der Waals surface area contributed by atoms with Crippen molar-refractivity contribution in [3.05, 3.63) is 65.2 Å². The van der Waals surface area contributed by atoms with Crippen LogP contribution in [0, 0.1) is 17.3 Å². The number of hydrogen-bond donors (Lipinski definition) is 3. The van der Waals surface area contributed by atoms with E-state index in [1.54, 1.807) is 0 Å². The minimum atomic E-state index is -1.32. The second-order valence-electron chi connectivity index (χ2n) is 9.84. The highest BCUT2D eigenvalue weighted by Gasteiger charge is 2.62. The summed E-state index contributed by atoms with van der Waals surface area (Å²) in [7, 11) is 0. The van der Waals surface area contributed by atoms with Gasteiger partial charge in [0.25, 0.3) is 0 Å². The van der Waals surface area contributed by atoms with E-state index in [2.05, 4.69) is 42.6 Å². The van der Waals surface area contributed by atoms with Crippen molar-refractivity contribution < 1.29 is 19.7 Å². The lowest BCUT2D eigenvalue weighted by atomic mass is 9.54. The van der Waals surface area contributed by atoms with Crippen LogP contribution in [-0.4, -0.2) is 22.0 Å². The van der Waals surface area contributed by atoms with E-state index in [0.717, 1.165) is 43.4 Å². The molecule has 2 fully saturated rings. The Kier molecular flexibility index (Phi) is 4.97. The molecule has 3 N–H and O–H groups in total. The molecule has 2 saturated carbocycles. The van der Waals surface area contributed by atoms with Crippen LogP contribution in [-0.2, 0) is 13.0 Å². The van der Waals surface area contributed by atoms with Gasteiger partial charge in [0.05, 0.1) is 0 Å². The van der Waals surface area contributed by atoms with E-state index in [0.29, 0.717) is 30.8 Å². The van der Waals surface area contributed by atoms with Crippen LogP contribution in [0.5, 0.6) is 5.75 Å². The Bertz CT molecular complexity index is 977. The molecule has 31 heavy (non-hydrogen) atoms. The molecule has 3 aliphatic carbocycles. The van der Waals surface area contributed by atoms with Gasteiger partial charge < -0.3 is 14.9 Å². The molecule has 0 aromatic heterocycles. The molecule has 164 valence electrons. The Morgan fingerprint density at radius 2 is 1.94 bits per heavy atom. The summed E-state index contributed by atoms with van der Waals surface area (Å²) in [5, 5.41) is 22.9. The minimum absolute atomic E-state index is 0.338. The maximum absolute atomic E-state index is 11.3. The van der Waals surface area contributed by atoms with Crippen LogP contribution in [0.25, 0.3) is 0 Å². The third-order valence-electron chi connectivity index (χ3n) is 8.41. The molecule has 2 aromatic rings. The molecule has 3 unspecified atom stereocenters. The highest BCUT2D eigenvalue weighted by atomic mass is 16.5. The zero-order chi connectivity index (χ0) is 21.6. The van der Waals surface area contributed by atoms with Crippen LogP contribution >= 0.6 is 0 Å². The number of benzene rings is 2. The molecule has 3 aliphatic rings. The first-order valence-electron chi connectivity index (χ1n) is 11.4. The Morgan fingerprint density at radius 3 is 2.71 bits per heavy atom. The number of nitrogens with one attached hydrogen (secondary N) is 1. The van der Waals surface area contributed by atoms with Crippen LogP contribution in [0.4, 0.5) is 4.79 Å². The molecule has 1 amide bonds. The summed E-state index contributed by atoms with van der Waals surface area (Å²) in [6.07, 6.45) is 4.16. The first-order valence-corrected chi connectivity index (χ1v) is 11.4. The number of hydrogen-bond acceptors (Lipinski definition) is 3. The Hall–Kier alpha value is -2.53. The molecule has 0 aliphatic heterocycles. The summed E-state index contributed by atoms with van der Waals surface area (Å²) in [4.78, 5) is 11.3. The van der Waals surface area contributed by atoms with Gasteiger partial charge in [0.2, 0.25) is 0 Å². The fourth-order valence-electron chi connectivity index (χ4n) is 6.79. The summed E-state index contributed by atoms with van der Waals surface area (Å²) in [6, 6.07) is 16.8. The number of fused-ring (bicyclic) bond motifs is 5. The second kappa shape index (κ2) is 7.56. The Labute approximate surface area is 183 Å². The summed E-state index contributed by atoms with van der Waals surface area (Å²) in [5.41, 5.74) is 2.25. The number of carbonyl (C=O) groups is 1. The van der Waals surface area contributed by atoms with E-state index in [-0.39, 0.29) is 0 Å². The third-order valence-corrected chi connectivity index (χ3v) is 8.41. The van der Waals surface area contributed by atoms with Crippen molar-refractivity contribution in [1.82, 2.24) is 5.32 Å². The average Bonchev–Trinajstić information content (AvgIpc) is 3.02. The van der Waals surface area contributed by atoms with E-state index in [1.165, 1.54) is 11.1 Å². The van der Waals surface area contributed by atoms with Crippen LogP contribution in [0.2, 0.25) is 0 Å². The van der Waals surface area contributed by atoms with Crippen molar-refractivity contribution >= 4 is 6.09 Å². The molecule has 5 heteroatoms. The van der Waals surface area contributed by atoms with Crippen LogP contribution in [0.15, 0.2) is 48.5 Å². The van der Waals surface area contributed by atoms with Gasteiger partial charge in [0, 0.05) is 5.41 Å². The predicted octanol–water partition coefficient (Wildman–Crippen LogP) is 5.08. The van der Waals surface area contributed by atoms with Gasteiger partial charge in [0.15, 0.2) is 0 Å². The number of rotatable bonds is 4. The van der Waals surface area contributed by atoms with E-state index in [9.17, 15) is 15.0 Å². The summed E-state index contributed by atoms with van der Waals surface area (Å²) < 4.78 is 6.05. The summed E-state index contributed by atoms with van der Waals surface area (Å²) in [6.45, 7) is 2.66. The third kappa shape index (κ3) is 3.39. The van der Waals surface area contributed by atoms with Gasteiger partial charge >= 0.3 is 6.09 Å². The SMILES string of the molecule is C[C@]12CCC3c4ccc(OCc5ccccc5)cc4CCC3C1CC[C@]2(O)NC(=O)O. The monoisotopic (exact) mass is 421 g/mol. The quantitative estimate of drug-likeness (QED) is 0.602. The highest BCUT2D eigenvalue weighted by Crippen LogP contribution is 2.63. The molecule has 0 heterocycles. The lowest BCUT2D eigenvalue weighted by Crippen LogP contribution is -2.59. The van der Waals surface area contributed by atoms with Gasteiger partial charge in [-0.15, -0.1) is 0 Å². The Morgan fingerprint density at radius 1 is 1.13 bits per heavy atom. The maximum atomic E-state index is 11.3. The molecule has 5 atom stereocenters. The molecule has 0 saturated heterocycles. The van der Waals surface area contributed by atoms with E-state index in [1.807, 2.05) is 18.2 Å². The Balaban J connectivity index is 1.34. The molecule has 5 nitrogen and oxygen atoms in total. The van der Waals surface area contributed by atoms with Crippen LogP contribution in [0.1, 0.15) is 61.6 Å². The van der Waals surface area contributed by atoms with Gasteiger partial charge in [-0.2, -0.15) is 0 Å². The fourth-order valence-corrected chi connectivity index (χ4v) is 6.79. The number of aryl methyl sites for hydroxylation is 1. The zero-order valence-electron chi connectivity index (χ0n) is 18.0. The average molecular weight is 422 g/mol. The van der Waals surface area contributed by atoms with Crippen LogP contribution in [0.3, 0.4) is 0 Å². The largest absolute Gasteiger partial charge is 0.489 e. The second-order valence-corrected chi connectivity index (χ2v) is 9.84. The van der Waals surface area contributed by atoms with E-state index in [4.69, 9.17) is 4.74 Å². The number of ether oxygens (including phenoxy) is 1. The van der Waals surface area contributed by atoms with Gasteiger partial charge in [0.1, 0.15) is 18.1 Å². The molecular weight excluding hydrogens is 390 g/mol. The normalized spacial score (nSPS) is 33.7. The highest BCUT2D eigenvalue weighted by molar-refractivity contribution is 5.65. The smallest absolute Gasteiger partial charge is 0.406 e. The fraction of sp³-hybridized carbons (Fsp3) is 0.500. The van der Waals surface area contributed by atoms with Gasteiger partial charge in [-0.3, -0.25) is 5.32 Å². The van der Waals surface area contributed by atoms with E-state index >= 15 is 0 Å². The maximum Gasteiger partial charge on any atom is 0.406 e. The first-order chi connectivity index (χ1) is 14.9. The predicted molar refractivity (Wildman–Crippen MR) is 118 cm³/mol. The van der Waals surface area contributed by atoms with Crippen molar-refractivity contribution in [3.8, 4) is 5.75 Å². The lowest BCUT2D eigenvalue weighted by Gasteiger charge is -2.53. The van der Waals surface area contributed by atoms with Gasteiger partial charge in [-0.1, -0.05) is 43.3 Å². The van der Waals surface area contributed by atoms with Gasteiger partial charge in [-0.25, -0.2) is 4.79 Å². The standard InChI is InChI=1S/C26H31NO4/c1-25-13-11-21-20-10-8-19(31-16-17-5-3-2-4-6-17)15-18(20)7-9-22(21)23(25)12-14-26(25,30)27-24(28)29/h2-6,8,10,15,21-23,27,30H,7,9,11-14,16H2,1H3,(H,28,29)/t21?,22?,23?,25-,26+/m0/s1. The van der Waals surface area contributed by atoms with Crippen molar-refractivity contribution in [3.63, 3.8) is 0 Å². The number of aliphatic hydroxyl groups is 1. The van der Waals surface area contributed by atoms with Crippen LogP contribution < -0.4 is 10.1 Å². The van der Waals surface area contributed by atoms with Crippen molar-refractivity contribution in [2.24, 2.45) is 17.3 Å². The molecule has 2 aromatic carbocycles. The minimum Gasteiger partial charge on any atom is -0.489 e. The summed E-state index contributed by atoms with van der Waals surface area (Å²) in [5.74, 6) is 2.23. The number of carboxylic acid groups (broad SMARTS) is 1. The van der Waals surface area contributed by atoms with E-state index < -0.39 is 17.2 Å². The molecule has 5 rings (SSSR count). The van der Waals surface area contributed by atoms with Crippen molar-refractivity contribution in [2.75, 3.05) is 0 Å². The summed E-state index contributed by atoms with van der Waals surface area (Å²) >= 11 is 0. The topological polar surface area (TPSA) is 78.8 Å². The molecular formula is C26H31NO4. The molecule has 0 spiro atoms. The zero-order valence-corrected chi connectivity index (χ0v) is 18.0. The number of amides is 1. The molecule has 0 radical (unpaired) electrons. The lowest BCUT2D eigenvalue weighted by molar-refractivity contribution is -0.118. The molecule has 0 bridgehead atoms. The van der Waals surface area contributed by atoms with Gasteiger partial charge in [-0.05, 0) is 85.1 Å².